The summed E-state index contributed by atoms with van der Waals surface area (Å²) in [6.07, 6.45) is 11.4. The van der Waals surface area contributed by atoms with Gasteiger partial charge < -0.3 is 14.6 Å². The molecule has 1 heterocycles. The Kier molecular flexibility index (Phi) is 7.30. The van der Waals surface area contributed by atoms with Crippen molar-refractivity contribution in [1.82, 2.24) is 0 Å². The summed E-state index contributed by atoms with van der Waals surface area (Å²) in [4.78, 5) is 11.0. The van der Waals surface area contributed by atoms with Gasteiger partial charge in [0.05, 0.1) is 18.6 Å². The fraction of sp³-hybridized carbons (Fsp3) is 0.722. The lowest BCUT2D eigenvalue weighted by Crippen LogP contribution is -2.32. The second-order valence-corrected chi connectivity index (χ2v) is 6.27. The van der Waals surface area contributed by atoms with Crippen LogP contribution in [0.2, 0.25) is 0 Å². The predicted molar refractivity (Wildman–Crippen MR) is 87.7 cm³/mol. The van der Waals surface area contributed by atoms with Crippen LogP contribution in [0.5, 0.6) is 0 Å². The highest BCUT2D eigenvalue weighted by Crippen LogP contribution is 2.36. The zero-order valence-electron chi connectivity index (χ0n) is 14.4. The number of carbonyl (C=O) groups is 1. The first-order valence-corrected chi connectivity index (χ1v) is 8.29. The van der Waals surface area contributed by atoms with Crippen LogP contribution >= 0.6 is 0 Å². The van der Waals surface area contributed by atoms with Gasteiger partial charge in [-0.2, -0.15) is 0 Å². The quantitative estimate of drug-likeness (QED) is 0.769. The lowest BCUT2D eigenvalue weighted by molar-refractivity contribution is -0.145. The second-order valence-electron chi connectivity index (χ2n) is 6.27. The summed E-state index contributed by atoms with van der Waals surface area (Å²) in [6.45, 7) is 9.19. The van der Waals surface area contributed by atoms with E-state index in [2.05, 4.69) is 13.8 Å². The van der Waals surface area contributed by atoms with Gasteiger partial charge in [0.1, 0.15) is 0 Å². The van der Waals surface area contributed by atoms with E-state index in [-0.39, 0.29) is 0 Å². The molecule has 0 aromatic rings. The summed E-state index contributed by atoms with van der Waals surface area (Å²) in [5.41, 5.74) is 0.0991. The van der Waals surface area contributed by atoms with E-state index in [1.54, 1.807) is 19.1 Å². The standard InChI is InChI=1S/C12H16O4.C6H14/c1-11(10(13)14)5-3-9(4-6-11)12(2)15-7-8-16-12;1-3-5-6-4-2/h3-5H,6-8H2,1-2H3,(H,13,14);3-6H2,1-2H3. The normalized spacial score (nSPS) is 26.1. The van der Waals surface area contributed by atoms with Crippen molar-refractivity contribution in [2.24, 2.45) is 5.41 Å². The zero-order chi connectivity index (χ0) is 16.6. The number of carboxylic acids is 1. The summed E-state index contributed by atoms with van der Waals surface area (Å²) in [6, 6.07) is 0. The van der Waals surface area contributed by atoms with Crippen molar-refractivity contribution in [3.63, 3.8) is 0 Å². The van der Waals surface area contributed by atoms with Crippen molar-refractivity contribution in [2.45, 2.75) is 65.6 Å². The van der Waals surface area contributed by atoms with Crippen molar-refractivity contribution in [2.75, 3.05) is 13.2 Å². The van der Waals surface area contributed by atoms with E-state index in [1.807, 2.05) is 13.0 Å². The van der Waals surface area contributed by atoms with Crippen LogP contribution in [0.4, 0.5) is 0 Å². The average Bonchev–Trinajstić information content (AvgIpc) is 2.94. The molecule has 4 heteroatoms. The first kappa shape index (κ1) is 18.9. The van der Waals surface area contributed by atoms with Gasteiger partial charge in [-0.1, -0.05) is 57.8 Å². The third-order valence-corrected chi connectivity index (χ3v) is 4.19. The minimum Gasteiger partial charge on any atom is -0.481 e. The van der Waals surface area contributed by atoms with Crippen LogP contribution in [0.25, 0.3) is 0 Å². The Bertz CT molecular complexity index is 415. The maximum Gasteiger partial charge on any atom is 0.313 e. The van der Waals surface area contributed by atoms with Gasteiger partial charge in [0, 0.05) is 5.57 Å². The molecule has 1 fully saturated rings. The fourth-order valence-corrected chi connectivity index (χ4v) is 2.41. The zero-order valence-corrected chi connectivity index (χ0v) is 14.4. The molecule has 0 spiro atoms. The average molecular weight is 310 g/mol. The molecular formula is C18H30O4. The van der Waals surface area contributed by atoms with E-state index < -0.39 is 17.2 Å². The number of allylic oxidation sites excluding steroid dienone is 1. The predicted octanol–water partition coefficient (Wildman–Crippen LogP) is 4.31. The van der Waals surface area contributed by atoms with E-state index in [9.17, 15) is 4.79 Å². The van der Waals surface area contributed by atoms with Gasteiger partial charge in [0.25, 0.3) is 0 Å². The Balaban J connectivity index is 0.000000346. The molecule has 1 atom stereocenters. The van der Waals surface area contributed by atoms with Crippen molar-refractivity contribution in [3.05, 3.63) is 23.8 Å². The molecule has 4 nitrogen and oxygen atoms in total. The minimum atomic E-state index is -0.808. The van der Waals surface area contributed by atoms with Crippen LogP contribution in [-0.2, 0) is 14.3 Å². The Labute approximate surface area is 134 Å². The number of aliphatic carboxylic acids is 1. The fourth-order valence-electron chi connectivity index (χ4n) is 2.41. The van der Waals surface area contributed by atoms with E-state index >= 15 is 0 Å². The maximum absolute atomic E-state index is 11.0. The molecular weight excluding hydrogens is 280 g/mol. The Hall–Kier alpha value is -1.13. The third-order valence-electron chi connectivity index (χ3n) is 4.19. The van der Waals surface area contributed by atoms with Crippen LogP contribution in [-0.4, -0.2) is 30.1 Å². The Morgan fingerprint density at radius 3 is 2.09 bits per heavy atom. The van der Waals surface area contributed by atoms with Crippen LogP contribution < -0.4 is 0 Å². The van der Waals surface area contributed by atoms with Crippen LogP contribution in [0, 0.1) is 5.41 Å². The molecule has 2 aliphatic rings. The van der Waals surface area contributed by atoms with Gasteiger partial charge in [-0.15, -0.1) is 0 Å². The number of ether oxygens (including phenoxy) is 2. The number of unbranched alkanes of at least 4 members (excludes halogenated alkanes) is 3. The molecule has 1 unspecified atom stereocenters. The van der Waals surface area contributed by atoms with E-state index in [1.165, 1.54) is 25.7 Å². The smallest absolute Gasteiger partial charge is 0.313 e. The number of hydrogen-bond acceptors (Lipinski definition) is 3. The minimum absolute atomic E-state index is 0.469. The molecule has 0 amide bonds. The van der Waals surface area contributed by atoms with Gasteiger partial charge in [-0.05, 0) is 20.3 Å². The summed E-state index contributed by atoms with van der Waals surface area (Å²) >= 11 is 0. The molecule has 0 aromatic heterocycles. The summed E-state index contributed by atoms with van der Waals surface area (Å²) in [7, 11) is 0. The first-order chi connectivity index (χ1) is 10.4. The summed E-state index contributed by atoms with van der Waals surface area (Å²) < 4.78 is 11.0. The molecule has 0 saturated carbocycles. The van der Waals surface area contributed by atoms with Gasteiger partial charge in [0.15, 0.2) is 5.79 Å². The monoisotopic (exact) mass is 310 g/mol. The molecule has 0 radical (unpaired) electrons. The van der Waals surface area contributed by atoms with Crippen molar-refractivity contribution in [1.29, 1.82) is 0 Å². The second kappa shape index (κ2) is 8.49. The molecule has 0 aromatic carbocycles. The number of hydrogen-bond donors (Lipinski definition) is 1. The van der Waals surface area contributed by atoms with Crippen LogP contribution in [0.1, 0.15) is 59.8 Å². The molecule has 2 rings (SSSR count). The van der Waals surface area contributed by atoms with Crippen LogP contribution in [0.3, 0.4) is 0 Å². The Morgan fingerprint density at radius 1 is 1.18 bits per heavy atom. The molecule has 126 valence electrons. The molecule has 0 bridgehead atoms. The number of rotatable bonds is 5. The highest BCUT2D eigenvalue weighted by molar-refractivity contribution is 5.77. The van der Waals surface area contributed by atoms with Gasteiger partial charge in [0.2, 0.25) is 0 Å². The molecule has 1 saturated heterocycles. The summed E-state index contributed by atoms with van der Waals surface area (Å²) in [5, 5.41) is 9.07. The SMILES string of the molecule is CC1(C(=O)O)C=CC(C2(C)OCCO2)=CC1.CCCCCC. The molecule has 1 aliphatic heterocycles. The topological polar surface area (TPSA) is 55.8 Å². The third kappa shape index (κ3) is 4.96. The van der Waals surface area contributed by atoms with Crippen molar-refractivity contribution < 1.29 is 19.4 Å². The lowest BCUT2D eigenvalue weighted by atomic mass is 9.81. The van der Waals surface area contributed by atoms with Crippen molar-refractivity contribution >= 4 is 5.97 Å². The van der Waals surface area contributed by atoms with Crippen LogP contribution in [0.15, 0.2) is 23.8 Å². The highest BCUT2D eigenvalue weighted by Gasteiger charge is 2.38. The van der Waals surface area contributed by atoms with E-state index in [0.717, 1.165) is 5.57 Å². The largest absolute Gasteiger partial charge is 0.481 e. The number of carboxylic acid groups (broad SMARTS) is 1. The van der Waals surface area contributed by atoms with Gasteiger partial charge >= 0.3 is 5.97 Å². The first-order valence-electron chi connectivity index (χ1n) is 8.29. The van der Waals surface area contributed by atoms with Crippen molar-refractivity contribution in [3.8, 4) is 0 Å². The summed E-state index contributed by atoms with van der Waals surface area (Å²) in [5.74, 6) is -1.51. The Morgan fingerprint density at radius 2 is 1.73 bits per heavy atom. The highest BCUT2D eigenvalue weighted by atomic mass is 16.7. The van der Waals surface area contributed by atoms with Gasteiger partial charge in [-0.3, -0.25) is 4.79 Å². The van der Waals surface area contributed by atoms with E-state index in [0.29, 0.717) is 19.6 Å². The lowest BCUT2D eigenvalue weighted by Gasteiger charge is -2.29. The van der Waals surface area contributed by atoms with Gasteiger partial charge in [-0.25, -0.2) is 0 Å². The molecule has 22 heavy (non-hydrogen) atoms. The van der Waals surface area contributed by atoms with E-state index in [4.69, 9.17) is 14.6 Å². The maximum atomic E-state index is 11.0. The molecule has 1 N–H and O–H groups in total. The molecule has 1 aliphatic carbocycles.